The topological polar surface area (TPSA) is 74.9 Å². The van der Waals surface area contributed by atoms with Crippen LogP contribution in [0.2, 0.25) is 0 Å². The maximum Gasteiger partial charge on any atom is 0.251 e. The van der Waals surface area contributed by atoms with E-state index in [-0.39, 0.29) is 11.5 Å². The van der Waals surface area contributed by atoms with Gasteiger partial charge in [-0.3, -0.25) is 9.59 Å². The number of hydrogen-bond donors (Lipinski definition) is 1. The second kappa shape index (κ2) is 7.95. The Morgan fingerprint density at radius 1 is 1.00 bits per heavy atom. The predicted molar refractivity (Wildman–Crippen MR) is 98.6 cm³/mol. The molecule has 0 bridgehead atoms. The fraction of sp³-hybridized carbons (Fsp3) is 0.0952. The average molecular weight is 343 g/mol. The summed E-state index contributed by atoms with van der Waals surface area (Å²) in [5.74, 6) is -0.220. The highest BCUT2D eigenvalue weighted by Gasteiger charge is 2.06. The van der Waals surface area contributed by atoms with Gasteiger partial charge in [-0.1, -0.05) is 36.4 Å². The Balaban J connectivity index is 1.61. The van der Waals surface area contributed by atoms with E-state index in [0.29, 0.717) is 24.2 Å². The molecule has 2 aromatic carbocycles. The zero-order chi connectivity index (χ0) is 18.4. The maximum atomic E-state index is 12.2. The van der Waals surface area contributed by atoms with Crippen molar-refractivity contribution >= 4 is 5.91 Å². The number of amides is 1. The van der Waals surface area contributed by atoms with Crippen LogP contribution in [0, 0.1) is 11.3 Å². The number of benzene rings is 2. The molecule has 0 saturated heterocycles. The van der Waals surface area contributed by atoms with Crippen LogP contribution in [0.1, 0.15) is 27.0 Å². The Hall–Kier alpha value is -3.65. The molecule has 0 aliphatic carbocycles. The highest BCUT2D eigenvalue weighted by atomic mass is 16.1. The first-order chi connectivity index (χ1) is 12.7. The van der Waals surface area contributed by atoms with Crippen LogP contribution in [-0.2, 0) is 13.1 Å². The number of nitrogens with zero attached hydrogens (tertiary/aromatic N) is 2. The Bertz CT molecular complexity index is 1010. The maximum absolute atomic E-state index is 12.2. The lowest BCUT2D eigenvalue weighted by Gasteiger charge is -2.08. The summed E-state index contributed by atoms with van der Waals surface area (Å²) in [5, 5.41) is 11.7. The summed E-state index contributed by atoms with van der Waals surface area (Å²) in [6.07, 6.45) is 1.76. The van der Waals surface area contributed by atoms with Crippen molar-refractivity contribution in [2.24, 2.45) is 0 Å². The van der Waals surface area contributed by atoms with Crippen molar-refractivity contribution in [3.8, 4) is 6.07 Å². The summed E-state index contributed by atoms with van der Waals surface area (Å²) in [6.45, 7) is 0.897. The van der Waals surface area contributed by atoms with E-state index in [9.17, 15) is 9.59 Å². The number of nitrogens with one attached hydrogen (secondary N) is 1. The highest BCUT2D eigenvalue weighted by Crippen LogP contribution is 2.07. The fourth-order valence-corrected chi connectivity index (χ4v) is 2.56. The van der Waals surface area contributed by atoms with E-state index in [1.54, 1.807) is 41.1 Å². The molecule has 0 unspecified atom stereocenters. The largest absolute Gasteiger partial charge is 0.348 e. The monoisotopic (exact) mass is 343 g/mol. The molecule has 1 aromatic heterocycles. The summed E-state index contributed by atoms with van der Waals surface area (Å²) < 4.78 is 1.64. The van der Waals surface area contributed by atoms with Crippen LogP contribution in [0.25, 0.3) is 0 Å². The van der Waals surface area contributed by atoms with Crippen LogP contribution >= 0.6 is 0 Å². The third-order valence-corrected chi connectivity index (χ3v) is 3.98. The van der Waals surface area contributed by atoms with Crippen LogP contribution in [-0.4, -0.2) is 10.5 Å². The smallest absolute Gasteiger partial charge is 0.251 e. The molecule has 1 amide bonds. The average Bonchev–Trinajstić information content (AvgIpc) is 2.69. The molecule has 0 spiro atoms. The molecule has 0 aliphatic rings. The van der Waals surface area contributed by atoms with Crippen LogP contribution in [0.5, 0.6) is 0 Å². The van der Waals surface area contributed by atoms with Gasteiger partial charge in [0.2, 0.25) is 0 Å². The highest BCUT2D eigenvalue weighted by molar-refractivity contribution is 5.94. The molecule has 128 valence electrons. The minimum Gasteiger partial charge on any atom is -0.348 e. The van der Waals surface area contributed by atoms with Crippen molar-refractivity contribution in [3.05, 3.63) is 106 Å². The lowest BCUT2D eigenvalue weighted by Crippen LogP contribution is -2.22. The van der Waals surface area contributed by atoms with Gasteiger partial charge in [0.05, 0.1) is 18.2 Å². The second-order valence-electron chi connectivity index (χ2n) is 5.86. The molecule has 5 heteroatoms. The molecular formula is C21H17N3O2. The zero-order valence-corrected chi connectivity index (χ0v) is 14.1. The molecule has 0 fully saturated rings. The molecule has 26 heavy (non-hydrogen) atoms. The quantitative estimate of drug-likeness (QED) is 0.774. The van der Waals surface area contributed by atoms with Gasteiger partial charge in [-0.25, -0.2) is 0 Å². The summed E-state index contributed by atoms with van der Waals surface area (Å²) in [6, 6.07) is 21.4. The minimum atomic E-state index is -0.220. The first kappa shape index (κ1) is 17.2. The van der Waals surface area contributed by atoms with Gasteiger partial charge < -0.3 is 9.88 Å². The van der Waals surface area contributed by atoms with E-state index in [1.165, 1.54) is 6.07 Å². The second-order valence-corrected chi connectivity index (χ2v) is 5.86. The van der Waals surface area contributed by atoms with Gasteiger partial charge in [0.1, 0.15) is 0 Å². The predicted octanol–water partition coefficient (Wildman–Crippen LogP) is 2.70. The number of hydrogen-bond acceptors (Lipinski definition) is 3. The van der Waals surface area contributed by atoms with E-state index in [4.69, 9.17) is 5.26 Å². The van der Waals surface area contributed by atoms with Crippen LogP contribution in [0.4, 0.5) is 0 Å². The van der Waals surface area contributed by atoms with Crippen molar-refractivity contribution in [1.29, 1.82) is 5.26 Å². The summed E-state index contributed by atoms with van der Waals surface area (Å²) in [4.78, 5) is 23.9. The van der Waals surface area contributed by atoms with Crippen molar-refractivity contribution in [3.63, 3.8) is 0 Å². The Kier molecular flexibility index (Phi) is 5.25. The number of rotatable bonds is 5. The zero-order valence-electron chi connectivity index (χ0n) is 14.1. The molecule has 3 aromatic rings. The molecule has 1 heterocycles. The molecule has 3 rings (SSSR count). The first-order valence-corrected chi connectivity index (χ1v) is 8.17. The van der Waals surface area contributed by atoms with Gasteiger partial charge in [-0.05, 0) is 35.4 Å². The summed E-state index contributed by atoms with van der Waals surface area (Å²) in [5.41, 5.74) is 2.85. The van der Waals surface area contributed by atoms with E-state index in [2.05, 4.69) is 5.32 Å². The summed E-state index contributed by atoms with van der Waals surface area (Å²) in [7, 11) is 0. The normalized spacial score (nSPS) is 10.1. The Labute approximate surface area is 151 Å². The van der Waals surface area contributed by atoms with E-state index in [1.807, 2.05) is 36.4 Å². The van der Waals surface area contributed by atoms with Crippen molar-refractivity contribution in [1.82, 2.24) is 9.88 Å². The van der Waals surface area contributed by atoms with Gasteiger partial charge in [-0.15, -0.1) is 0 Å². The van der Waals surface area contributed by atoms with E-state index in [0.717, 1.165) is 11.1 Å². The number of pyridine rings is 1. The fourth-order valence-electron chi connectivity index (χ4n) is 2.56. The number of nitriles is 1. The number of carbonyl (C=O) groups is 1. The van der Waals surface area contributed by atoms with Gasteiger partial charge in [0, 0.05) is 24.4 Å². The van der Waals surface area contributed by atoms with Gasteiger partial charge in [0.25, 0.3) is 11.5 Å². The van der Waals surface area contributed by atoms with E-state index < -0.39 is 0 Å². The Morgan fingerprint density at radius 2 is 1.77 bits per heavy atom. The molecule has 0 saturated carbocycles. The lowest BCUT2D eigenvalue weighted by molar-refractivity contribution is 0.0951. The van der Waals surface area contributed by atoms with Gasteiger partial charge >= 0.3 is 0 Å². The van der Waals surface area contributed by atoms with Crippen LogP contribution in [0.15, 0.2) is 77.7 Å². The lowest BCUT2D eigenvalue weighted by atomic mass is 10.1. The van der Waals surface area contributed by atoms with Crippen LogP contribution < -0.4 is 10.9 Å². The third-order valence-electron chi connectivity index (χ3n) is 3.98. The third kappa shape index (κ3) is 4.25. The Morgan fingerprint density at radius 3 is 2.50 bits per heavy atom. The number of carbonyl (C=O) groups excluding carboxylic acids is 1. The van der Waals surface area contributed by atoms with Gasteiger partial charge in [-0.2, -0.15) is 5.26 Å². The minimum absolute atomic E-state index is 0.0385. The SMILES string of the molecule is N#Cc1cccc(C(=O)NCc2ccc(Cn3ccccc3=O)cc2)c1. The molecule has 0 aliphatic heterocycles. The van der Waals surface area contributed by atoms with Crippen molar-refractivity contribution in [2.45, 2.75) is 13.1 Å². The van der Waals surface area contributed by atoms with Gasteiger partial charge in [0.15, 0.2) is 0 Å². The van der Waals surface area contributed by atoms with Crippen molar-refractivity contribution in [2.75, 3.05) is 0 Å². The number of aromatic nitrogens is 1. The molecule has 1 N–H and O–H groups in total. The standard InChI is InChI=1S/C21H17N3O2/c22-13-18-4-3-5-19(12-18)21(26)23-14-16-7-9-17(10-8-16)15-24-11-2-1-6-20(24)25/h1-12H,14-15H2,(H,23,26). The molecule has 0 atom stereocenters. The molecule has 0 radical (unpaired) electrons. The van der Waals surface area contributed by atoms with E-state index >= 15 is 0 Å². The first-order valence-electron chi connectivity index (χ1n) is 8.17. The van der Waals surface area contributed by atoms with Crippen molar-refractivity contribution < 1.29 is 4.79 Å². The van der Waals surface area contributed by atoms with Crippen LogP contribution in [0.3, 0.4) is 0 Å². The molecular weight excluding hydrogens is 326 g/mol. The summed E-state index contributed by atoms with van der Waals surface area (Å²) >= 11 is 0. The molecule has 5 nitrogen and oxygen atoms in total.